The van der Waals surface area contributed by atoms with Crippen LogP contribution >= 0.6 is 0 Å². The summed E-state index contributed by atoms with van der Waals surface area (Å²) < 4.78 is 41.6. The number of carbonyl (C=O) groups is 6. The van der Waals surface area contributed by atoms with Gasteiger partial charge in [0.15, 0.2) is 0 Å². The molecule has 0 rings (SSSR count). The molecule has 0 aromatic rings. The fourth-order valence-electron chi connectivity index (χ4n) is 7.00. The highest BCUT2D eigenvalue weighted by atomic mass is 16.6. The van der Waals surface area contributed by atoms with Gasteiger partial charge in [-0.3, -0.25) is 28.8 Å². The molecule has 13 heteroatoms. The topological polar surface area (TPSA) is 167 Å². The van der Waals surface area contributed by atoms with E-state index in [1.165, 1.54) is 0 Å². The standard InChI is InChI=1S/C52H94O13/c1-7-13-19-25-31-45(53)60-39-51(40-61-46(54)32-26-20-14-8-2,41-62-47(55)33-27-21-15-9-3)37-59-38-52(42-63-48(56)34-28-22-16-10-4,43-64-49(57)35-29-23-17-11-5)44-65-50(58)36-30-24-18-12-6/h7-44H2,1-6H3. The predicted molar refractivity (Wildman–Crippen MR) is 254 cm³/mol. The number of hydrogen-bond donors (Lipinski definition) is 0. The van der Waals surface area contributed by atoms with Crippen LogP contribution in [0.5, 0.6) is 0 Å². The summed E-state index contributed by atoms with van der Waals surface area (Å²) in [5.74, 6) is -2.59. The third-order valence-electron chi connectivity index (χ3n) is 11.5. The van der Waals surface area contributed by atoms with E-state index in [4.69, 9.17) is 33.2 Å². The number of ether oxygens (including phenoxy) is 7. The maximum Gasteiger partial charge on any atom is 0.305 e. The minimum atomic E-state index is -1.33. The van der Waals surface area contributed by atoms with E-state index in [1.54, 1.807) is 0 Å². The maximum absolute atomic E-state index is 13.1. The van der Waals surface area contributed by atoms with Crippen LogP contribution in [0.1, 0.15) is 234 Å². The van der Waals surface area contributed by atoms with Gasteiger partial charge in [-0.1, -0.05) is 157 Å². The number of rotatable bonds is 46. The highest BCUT2D eigenvalue weighted by Crippen LogP contribution is 2.27. The second-order valence-corrected chi connectivity index (χ2v) is 18.3. The zero-order valence-electron chi connectivity index (χ0n) is 42.2. The van der Waals surface area contributed by atoms with Crippen LogP contribution in [0.4, 0.5) is 0 Å². The summed E-state index contributed by atoms with van der Waals surface area (Å²) in [7, 11) is 0. The first-order valence-corrected chi connectivity index (χ1v) is 26.0. The fourth-order valence-corrected chi connectivity index (χ4v) is 7.00. The molecule has 380 valence electrons. The molecular formula is C52H94O13. The number of esters is 6. The van der Waals surface area contributed by atoms with Crippen LogP contribution in [0.25, 0.3) is 0 Å². The van der Waals surface area contributed by atoms with Crippen LogP contribution in [-0.4, -0.2) is 88.7 Å². The molecule has 0 amide bonds. The van der Waals surface area contributed by atoms with E-state index in [-0.39, 0.29) is 91.4 Å². The van der Waals surface area contributed by atoms with Crippen molar-refractivity contribution < 1.29 is 61.9 Å². The largest absolute Gasteiger partial charge is 0.465 e. The fraction of sp³-hybridized carbons (Fsp3) is 0.885. The Morgan fingerprint density at radius 2 is 0.415 bits per heavy atom. The molecule has 0 saturated heterocycles. The Labute approximate surface area is 394 Å². The monoisotopic (exact) mass is 927 g/mol. The lowest BCUT2D eigenvalue weighted by molar-refractivity contribution is -0.175. The Kier molecular flexibility index (Phi) is 40.1. The lowest BCUT2D eigenvalue weighted by Crippen LogP contribution is -2.47. The van der Waals surface area contributed by atoms with Crippen molar-refractivity contribution in [3.05, 3.63) is 0 Å². The van der Waals surface area contributed by atoms with E-state index in [0.29, 0.717) is 38.5 Å². The molecule has 0 aromatic heterocycles. The van der Waals surface area contributed by atoms with Gasteiger partial charge in [-0.15, -0.1) is 0 Å². The molecule has 0 fully saturated rings. The maximum atomic E-state index is 13.1. The van der Waals surface area contributed by atoms with Crippen molar-refractivity contribution in [3.8, 4) is 0 Å². The van der Waals surface area contributed by atoms with Crippen LogP contribution in [-0.2, 0) is 61.9 Å². The van der Waals surface area contributed by atoms with E-state index >= 15 is 0 Å². The number of unbranched alkanes of at least 4 members (excludes halogenated alkanes) is 18. The molecule has 65 heavy (non-hydrogen) atoms. The van der Waals surface area contributed by atoms with Crippen LogP contribution in [0, 0.1) is 10.8 Å². The van der Waals surface area contributed by atoms with Crippen molar-refractivity contribution in [2.24, 2.45) is 10.8 Å². The summed E-state index contributed by atoms with van der Waals surface area (Å²) in [5, 5.41) is 0. The van der Waals surface area contributed by atoms with Crippen LogP contribution in [0.15, 0.2) is 0 Å². The zero-order chi connectivity index (χ0) is 48.3. The van der Waals surface area contributed by atoms with Gasteiger partial charge in [0.2, 0.25) is 0 Å². The SMILES string of the molecule is CCCCCCC(=O)OCC(COCC(COC(=O)CCCCCC)(COC(=O)CCCCCC)COC(=O)CCCCCC)(COC(=O)CCCCCC)COC(=O)CCCCCC. The van der Waals surface area contributed by atoms with Crippen molar-refractivity contribution in [1.82, 2.24) is 0 Å². The molecule has 0 radical (unpaired) electrons. The minimum absolute atomic E-state index is 0.200. The predicted octanol–water partition coefficient (Wildman–Crippen LogP) is 12.1. The van der Waals surface area contributed by atoms with Gasteiger partial charge in [-0.25, -0.2) is 0 Å². The summed E-state index contributed by atoms with van der Waals surface area (Å²) in [6.45, 7) is 10.4. The molecule has 0 spiro atoms. The molecule has 0 saturated carbocycles. The minimum Gasteiger partial charge on any atom is -0.465 e. The molecule has 0 N–H and O–H groups in total. The van der Waals surface area contributed by atoms with E-state index in [1.807, 2.05) is 0 Å². The first-order chi connectivity index (χ1) is 31.4. The highest BCUT2D eigenvalue weighted by molar-refractivity contribution is 5.71. The van der Waals surface area contributed by atoms with Crippen molar-refractivity contribution in [3.63, 3.8) is 0 Å². The molecule has 0 aromatic carbocycles. The molecule has 0 bridgehead atoms. The van der Waals surface area contributed by atoms with Gasteiger partial charge in [-0.2, -0.15) is 0 Å². The molecule has 13 nitrogen and oxygen atoms in total. The summed E-state index contributed by atoms with van der Waals surface area (Å²) in [6, 6.07) is 0. The second kappa shape index (κ2) is 42.2. The Bertz CT molecular complexity index is 1000. The van der Waals surface area contributed by atoms with Gasteiger partial charge >= 0.3 is 35.8 Å². The lowest BCUT2D eigenvalue weighted by atomic mass is 9.90. The summed E-state index contributed by atoms with van der Waals surface area (Å²) in [4.78, 5) is 78.8. The Balaban J connectivity index is 6.86. The third kappa shape index (κ3) is 35.6. The third-order valence-corrected chi connectivity index (χ3v) is 11.5. The van der Waals surface area contributed by atoms with E-state index < -0.39 is 46.6 Å². The molecule has 0 atom stereocenters. The van der Waals surface area contributed by atoms with E-state index in [9.17, 15) is 28.8 Å². The van der Waals surface area contributed by atoms with E-state index in [0.717, 1.165) is 116 Å². The van der Waals surface area contributed by atoms with Gasteiger partial charge < -0.3 is 33.2 Å². The first kappa shape index (κ1) is 61.8. The van der Waals surface area contributed by atoms with Crippen molar-refractivity contribution >= 4 is 35.8 Å². The molecule has 0 aliphatic rings. The van der Waals surface area contributed by atoms with Crippen molar-refractivity contribution in [2.75, 3.05) is 52.9 Å². The Hall–Kier alpha value is -3.22. The lowest BCUT2D eigenvalue weighted by Gasteiger charge is -2.35. The average Bonchev–Trinajstić information content (AvgIpc) is 3.30. The van der Waals surface area contributed by atoms with Crippen molar-refractivity contribution in [2.45, 2.75) is 234 Å². The normalized spacial score (nSPS) is 11.5. The van der Waals surface area contributed by atoms with Crippen molar-refractivity contribution in [1.29, 1.82) is 0 Å². The first-order valence-electron chi connectivity index (χ1n) is 26.0. The second-order valence-electron chi connectivity index (χ2n) is 18.3. The quantitative estimate of drug-likeness (QED) is 0.0322. The van der Waals surface area contributed by atoms with Crippen LogP contribution in [0.2, 0.25) is 0 Å². The Morgan fingerprint density at radius 1 is 0.246 bits per heavy atom. The van der Waals surface area contributed by atoms with Gasteiger partial charge in [0.05, 0.1) is 24.0 Å². The average molecular weight is 927 g/mol. The molecule has 0 heterocycles. The van der Waals surface area contributed by atoms with Gasteiger partial charge in [0.1, 0.15) is 39.6 Å². The van der Waals surface area contributed by atoms with Gasteiger partial charge in [0.25, 0.3) is 0 Å². The van der Waals surface area contributed by atoms with Crippen LogP contribution in [0.3, 0.4) is 0 Å². The summed E-state index contributed by atoms with van der Waals surface area (Å²) in [5.41, 5.74) is -2.66. The summed E-state index contributed by atoms with van der Waals surface area (Å²) >= 11 is 0. The number of carbonyl (C=O) groups excluding carboxylic acids is 6. The summed E-state index contributed by atoms with van der Waals surface area (Å²) in [6.07, 6.45) is 22.4. The Morgan fingerprint density at radius 3 is 0.569 bits per heavy atom. The van der Waals surface area contributed by atoms with Gasteiger partial charge in [0, 0.05) is 38.5 Å². The molecule has 0 aliphatic carbocycles. The molecule has 0 unspecified atom stereocenters. The van der Waals surface area contributed by atoms with Crippen LogP contribution < -0.4 is 0 Å². The molecular weight excluding hydrogens is 833 g/mol. The number of hydrogen-bond acceptors (Lipinski definition) is 13. The smallest absolute Gasteiger partial charge is 0.305 e. The van der Waals surface area contributed by atoms with E-state index in [2.05, 4.69) is 41.5 Å². The highest BCUT2D eigenvalue weighted by Gasteiger charge is 2.41. The molecule has 0 aliphatic heterocycles. The van der Waals surface area contributed by atoms with Gasteiger partial charge in [-0.05, 0) is 38.5 Å². The zero-order valence-corrected chi connectivity index (χ0v) is 42.2.